The Labute approximate surface area is 195 Å². The molecule has 0 fully saturated rings. The minimum atomic E-state index is -0.264. The van der Waals surface area contributed by atoms with Gasteiger partial charge in [-0.05, 0) is 47.9 Å². The fourth-order valence-electron chi connectivity index (χ4n) is 3.92. The number of rotatable bonds is 5. The van der Waals surface area contributed by atoms with Gasteiger partial charge in [-0.25, -0.2) is 19.3 Å². The first kappa shape index (κ1) is 21.0. The second-order valence-electron chi connectivity index (χ2n) is 8.01. The third-order valence-corrected chi connectivity index (χ3v) is 5.45. The van der Waals surface area contributed by atoms with E-state index in [0.29, 0.717) is 22.8 Å². The molecular formula is C25H20N8O. The van der Waals surface area contributed by atoms with Crippen molar-refractivity contribution in [2.24, 2.45) is 0 Å². The lowest BCUT2D eigenvalue weighted by Gasteiger charge is -2.14. The zero-order valence-electron chi connectivity index (χ0n) is 18.5. The normalized spacial score (nSPS) is 11.0. The molecule has 34 heavy (non-hydrogen) atoms. The van der Waals surface area contributed by atoms with Crippen LogP contribution in [0.1, 0.15) is 41.3 Å². The first-order valence-corrected chi connectivity index (χ1v) is 10.7. The lowest BCUT2D eigenvalue weighted by molar-refractivity contribution is 0.102. The van der Waals surface area contributed by atoms with Crippen molar-refractivity contribution in [1.29, 1.82) is 5.26 Å². The smallest absolute Gasteiger partial charge is 0.255 e. The highest BCUT2D eigenvalue weighted by Crippen LogP contribution is 2.26. The Morgan fingerprint density at radius 2 is 1.88 bits per heavy atom. The van der Waals surface area contributed by atoms with Gasteiger partial charge in [0.1, 0.15) is 5.69 Å². The van der Waals surface area contributed by atoms with E-state index in [1.807, 2.05) is 32.0 Å². The Kier molecular flexibility index (Phi) is 5.32. The molecule has 9 nitrogen and oxygen atoms in total. The van der Waals surface area contributed by atoms with E-state index in [1.165, 1.54) is 0 Å². The molecule has 1 N–H and O–H groups in total. The van der Waals surface area contributed by atoms with Gasteiger partial charge in [0, 0.05) is 29.0 Å². The van der Waals surface area contributed by atoms with Crippen molar-refractivity contribution in [3.8, 4) is 17.7 Å². The number of anilines is 1. The van der Waals surface area contributed by atoms with E-state index < -0.39 is 0 Å². The van der Waals surface area contributed by atoms with Gasteiger partial charge in [0.25, 0.3) is 5.91 Å². The molecule has 5 rings (SSSR count). The molecule has 1 amide bonds. The van der Waals surface area contributed by atoms with Gasteiger partial charge in [-0.3, -0.25) is 4.79 Å². The van der Waals surface area contributed by atoms with Crippen molar-refractivity contribution in [3.05, 3.63) is 90.1 Å². The third-order valence-electron chi connectivity index (χ3n) is 5.45. The third kappa shape index (κ3) is 3.78. The molecule has 5 aromatic rings. The molecule has 0 radical (unpaired) electrons. The number of nitriles is 1. The van der Waals surface area contributed by atoms with Crippen LogP contribution < -0.4 is 5.32 Å². The lowest BCUT2D eigenvalue weighted by Crippen LogP contribution is -2.16. The van der Waals surface area contributed by atoms with Gasteiger partial charge >= 0.3 is 0 Å². The summed E-state index contributed by atoms with van der Waals surface area (Å²) in [6.07, 6.45) is 8.52. The Balaban J connectivity index is 1.48. The summed E-state index contributed by atoms with van der Waals surface area (Å²) >= 11 is 0. The molecule has 3 heterocycles. The first-order chi connectivity index (χ1) is 16.5. The maximum atomic E-state index is 13.1. The van der Waals surface area contributed by atoms with Crippen molar-refractivity contribution in [3.63, 3.8) is 0 Å². The number of hydrogen-bond donors (Lipinski definition) is 1. The summed E-state index contributed by atoms with van der Waals surface area (Å²) in [5, 5.41) is 22.2. The second-order valence-corrected chi connectivity index (χ2v) is 8.01. The number of aromatic nitrogens is 6. The molecule has 0 atom stereocenters. The molecular weight excluding hydrogens is 428 g/mol. The van der Waals surface area contributed by atoms with Gasteiger partial charge in [0.2, 0.25) is 5.95 Å². The zero-order valence-corrected chi connectivity index (χ0v) is 18.5. The monoisotopic (exact) mass is 448 g/mol. The van der Waals surface area contributed by atoms with E-state index >= 15 is 0 Å². The zero-order chi connectivity index (χ0) is 23.7. The number of carbonyl (C=O) groups excluding carboxylic acids is 1. The topological polar surface area (TPSA) is 114 Å². The molecule has 0 aliphatic heterocycles. The molecule has 0 aliphatic carbocycles. The summed E-state index contributed by atoms with van der Waals surface area (Å²) in [5.41, 5.74) is 3.90. The van der Waals surface area contributed by atoms with Gasteiger partial charge in [-0.2, -0.15) is 15.5 Å². The maximum Gasteiger partial charge on any atom is 0.255 e. The molecule has 2 aromatic carbocycles. The summed E-state index contributed by atoms with van der Waals surface area (Å²) in [5.74, 6) is 0.227. The Bertz CT molecular complexity index is 1540. The number of hydrogen-bond acceptors (Lipinski definition) is 6. The van der Waals surface area contributed by atoms with Gasteiger partial charge in [-0.15, -0.1) is 0 Å². The van der Waals surface area contributed by atoms with Crippen LogP contribution in [0.3, 0.4) is 0 Å². The molecule has 0 saturated carbocycles. The predicted molar refractivity (Wildman–Crippen MR) is 127 cm³/mol. The van der Waals surface area contributed by atoms with Crippen LogP contribution in [0.25, 0.3) is 22.5 Å². The van der Waals surface area contributed by atoms with E-state index in [-0.39, 0.29) is 11.8 Å². The minimum Gasteiger partial charge on any atom is -0.322 e. The van der Waals surface area contributed by atoms with Gasteiger partial charge < -0.3 is 5.32 Å². The quantitative estimate of drug-likeness (QED) is 0.430. The van der Waals surface area contributed by atoms with Crippen LogP contribution in [-0.2, 0) is 0 Å². The largest absolute Gasteiger partial charge is 0.322 e. The summed E-state index contributed by atoms with van der Waals surface area (Å²) in [6.45, 7) is 3.94. The van der Waals surface area contributed by atoms with Crippen LogP contribution in [0.2, 0.25) is 0 Å². The van der Waals surface area contributed by atoms with Crippen LogP contribution in [0, 0.1) is 11.3 Å². The number of fused-ring (bicyclic) bond motifs is 1. The summed E-state index contributed by atoms with van der Waals surface area (Å²) in [7, 11) is 0. The van der Waals surface area contributed by atoms with E-state index in [4.69, 9.17) is 0 Å². The number of carbonyl (C=O) groups is 1. The highest BCUT2D eigenvalue weighted by atomic mass is 16.1. The number of amides is 1. The molecule has 9 heteroatoms. The Morgan fingerprint density at radius 3 is 2.65 bits per heavy atom. The van der Waals surface area contributed by atoms with Crippen molar-refractivity contribution in [2.75, 3.05) is 5.32 Å². The molecule has 0 saturated heterocycles. The molecule has 0 bridgehead atoms. The highest BCUT2D eigenvalue weighted by molar-refractivity contribution is 6.06. The SMILES string of the molecule is CC(C)c1c(C#N)cccc1C(=O)Nc1ccc2cnn(-c3cnn(-c4ncccn4)c3)c2c1. The van der Waals surface area contributed by atoms with Crippen LogP contribution in [-0.4, -0.2) is 35.4 Å². The second kappa shape index (κ2) is 8.60. The van der Waals surface area contributed by atoms with Crippen LogP contribution in [0.4, 0.5) is 5.69 Å². The van der Waals surface area contributed by atoms with Crippen molar-refractivity contribution in [2.45, 2.75) is 19.8 Å². The van der Waals surface area contributed by atoms with Crippen molar-refractivity contribution >= 4 is 22.5 Å². The average Bonchev–Trinajstić information content (AvgIpc) is 3.51. The lowest BCUT2D eigenvalue weighted by atomic mass is 9.92. The molecule has 166 valence electrons. The minimum absolute atomic E-state index is 0.0330. The standard InChI is InChI=1S/C25H20N8O/c1-16(2)23-17(12-26)5-3-6-21(23)24(34)31-19-8-7-18-13-30-33(22(18)11-19)20-14-29-32(15-20)25-27-9-4-10-28-25/h3-11,13-16H,1-2H3,(H,31,34). The van der Waals surface area contributed by atoms with Gasteiger partial charge in [0.15, 0.2) is 0 Å². The highest BCUT2D eigenvalue weighted by Gasteiger charge is 2.18. The molecule has 3 aromatic heterocycles. The van der Waals surface area contributed by atoms with Gasteiger partial charge in [0.05, 0.1) is 35.7 Å². The fraction of sp³-hybridized carbons (Fsp3) is 0.120. The van der Waals surface area contributed by atoms with E-state index in [9.17, 15) is 10.1 Å². The van der Waals surface area contributed by atoms with Gasteiger partial charge in [-0.1, -0.05) is 19.9 Å². The molecule has 0 aliphatic rings. The summed E-state index contributed by atoms with van der Waals surface area (Å²) in [4.78, 5) is 21.5. The maximum absolute atomic E-state index is 13.1. The van der Waals surface area contributed by atoms with E-state index in [0.717, 1.165) is 22.2 Å². The first-order valence-electron chi connectivity index (χ1n) is 10.7. The van der Waals surface area contributed by atoms with Crippen LogP contribution in [0.15, 0.2) is 73.4 Å². The fourth-order valence-corrected chi connectivity index (χ4v) is 3.92. The van der Waals surface area contributed by atoms with Crippen molar-refractivity contribution in [1.82, 2.24) is 29.5 Å². The Hall–Kier alpha value is -4.84. The van der Waals surface area contributed by atoms with E-state index in [1.54, 1.807) is 64.6 Å². The van der Waals surface area contributed by atoms with Crippen LogP contribution in [0.5, 0.6) is 0 Å². The number of nitrogens with one attached hydrogen (secondary N) is 1. The molecule has 0 unspecified atom stereocenters. The Morgan fingerprint density at radius 1 is 1.06 bits per heavy atom. The number of nitrogens with zero attached hydrogens (tertiary/aromatic N) is 7. The predicted octanol–water partition coefficient (Wildman–Crippen LogP) is 4.25. The summed E-state index contributed by atoms with van der Waals surface area (Å²) < 4.78 is 3.32. The number of benzene rings is 2. The summed E-state index contributed by atoms with van der Waals surface area (Å²) in [6, 6.07) is 14.7. The van der Waals surface area contributed by atoms with Crippen LogP contribution >= 0.6 is 0 Å². The van der Waals surface area contributed by atoms with Crippen molar-refractivity contribution < 1.29 is 4.79 Å². The van der Waals surface area contributed by atoms with E-state index in [2.05, 4.69) is 31.6 Å². The average molecular weight is 448 g/mol. The molecule has 0 spiro atoms.